The van der Waals surface area contributed by atoms with E-state index < -0.39 is 0 Å². The molecular weight excluding hydrogens is 306 g/mol. The van der Waals surface area contributed by atoms with Crippen LogP contribution in [0.15, 0.2) is 42.6 Å². The number of carbonyl (C=O) groups is 1. The van der Waals surface area contributed by atoms with Gasteiger partial charge in [0.15, 0.2) is 0 Å². The first-order valence-electron chi connectivity index (χ1n) is 8.10. The molecular formula is C18H21N3O3. The van der Waals surface area contributed by atoms with E-state index in [1.54, 1.807) is 25.4 Å². The number of methoxy groups -OCH3 is 1. The van der Waals surface area contributed by atoms with Crippen LogP contribution in [0.3, 0.4) is 0 Å². The highest BCUT2D eigenvalue weighted by Gasteiger charge is 2.25. The molecule has 24 heavy (non-hydrogen) atoms. The maximum atomic E-state index is 12.6. The molecule has 0 aliphatic carbocycles. The maximum absolute atomic E-state index is 12.6. The number of aromatic nitrogens is 2. The molecule has 3 rings (SSSR count). The number of hydrogen-bond donors (Lipinski definition) is 0. The lowest BCUT2D eigenvalue weighted by Gasteiger charge is -2.32. The molecule has 1 fully saturated rings. The zero-order valence-corrected chi connectivity index (χ0v) is 13.7. The van der Waals surface area contributed by atoms with Gasteiger partial charge in [0.05, 0.1) is 20.1 Å². The Morgan fingerprint density at radius 3 is 2.96 bits per heavy atom. The number of carbonyl (C=O) groups excluding carboxylic acids is 1. The van der Waals surface area contributed by atoms with E-state index in [4.69, 9.17) is 9.47 Å². The molecule has 6 heteroatoms. The van der Waals surface area contributed by atoms with Crippen LogP contribution in [0.25, 0.3) is 0 Å². The number of para-hydroxylation sites is 1. The fourth-order valence-corrected chi connectivity index (χ4v) is 2.91. The van der Waals surface area contributed by atoms with E-state index >= 15 is 0 Å². The van der Waals surface area contributed by atoms with E-state index in [0.29, 0.717) is 18.8 Å². The molecule has 2 aromatic rings. The van der Waals surface area contributed by atoms with E-state index in [9.17, 15) is 4.79 Å². The largest absolute Gasteiger partial charge is 0.496 e. The molecule has 0 spiro atoms. The number of piperidine rings is 1. The second-order valence-electron chi connectivity index (χ2n) is 5.77. The van der Waals surface area contributed by atoms with Crippen LogP contribution in [-0.2, 0) is 11.2 Å². The average Bonchev–Trinajstić information content (AvgIpc) is 2.63. The third-order valence-corrected chi connectivity index (χ3v) is 4.10. The molecule has 1 atom stereocenters. The molecule has 2 heterocycles. The molecule has 0 unspecified atom stereocenters. The first kappa shape index (κ1) is 16.2. The summed E-state index contributed by atoms with van der Waals surface area (Å²) in [6.07, 6.45) is 3.73. The Labute approximate surface area is 141 Å². The van der Waals surface area contributed by atoms with Gasteiger partial charge < -0.3 is 14.4 Å². The Morgan fingerprint density at radius 1 is 1.29 bits per heavy atom. The Kier molecular flexibility index (Phi) is 5.25. The minimum Gasteiger partial charge on any atom is -0.496 e. The summed E-state index contributed by atoms with van der Waals surface area (Å²) < 4.78 is 11.2. The summed E-state index contributed by atoms with van der Waals surface area (Å²) >= 11 is 0. The van der Waals surface area contributed by atoms with Crippen LogP contribution in [0, 0.1) is 0 Å². The first-order valence-corrected chi connectivity index (χ1v) is 8.10. The highest BCUT2D eigenvalue weighted by Crippen LogP contribution is 2.21. The van der Waals surface area contributed by atoms with E-state index in [2.05, 4.69) is 10.2 Å². The van der Waals surface area contributed by atoms with Gasteiger partial charge >= 0.3 is 0 Å². The van der Waals surface area contributed by atoms with Crippen molar-refractivity contribution in [2.24, 2.45) is 0 Å². The fourth-order valence-electron chi connectivity index (χ4n) is 2.91. The molecule has 1 aromatic carbocycles. The standard InChI is InChI=1S/C18H21N3O3/c1-23-16-8-3-2-6-14(16)12-18(22)21-11-5-7-15(13-21)24-17-9-4-10-19-20-17/h2-4,6,8-10,15H,5,7,11-13H2,1H3/t15-/m0/s1. The van der Waals surface area contributed by atoms with Crippen LogP contribution < -0.4 is 9.47 Å². The van der Waals surface area contributed by atoms with Crippen LogP contribution in [0.1, 0.15) is 18.4 Å². The van der Waals surface area contributed by atoms with Gasteiger partial charge in [-0.15, -0.1) is 5.10 Å². The second kappa shape index (κ2) is 7.77. The third-order valence-electron chi connectivity index (χ3n) is 4.10. The van der Waals surface area contributed by atoms with Gasteiger partial charge in [0.25, 0.3) is 0 Å². The number of likely N-dealkylation sites (tertiary alicyclic amines) is 1. The Balaban J connectivity index is 1.60. The minimum absolute atomic E-state index is 0.0444. The van der Waals surface area contributed by atoms with Gasteiger partial charge in [-0.25, -0.2) is 0 Å². The van der Waals surface area contributed by atoms with Crippen LogP contribution >= 0.6 is 0 Å². The highest BCUT2D eigenvalue weighted by molar-refractivity contribution is 5.79. The van der Waals surface area contributed by atoms with Crippen LogP contribution in [-0.4, -0.2) is 47.3 Å². The van der Waals surface area contributed by atoms with Crippen molar-refractivity contribution in [2.45, 2.75) is 25.4 Å². The SMILES string of the molecule is COc1ccccc1CC(=O)N1CCC[C@H](Oc2cccnn2)C1. The lowest BCUT2D eigenvalue weighted by molar-refractivity contribution is -0.133. The van der Waals surface area contributed by atoms with Gasteiger partial charge in [0.1, 0.15) is 11.9 Å². The normalized spacial score (nSPS) is 17.4. The van der Waals surface area contributed by atoms with Gasteiger partial charge in [-0.3, -0.25) is 4.79 Å². The van der Waals surface area contributed by atoms with Gasteiger partial charge in [0, 0.05) is 24.4 Å². The average molecular weight is 327 g/mol. The molecule has 1 aliphatic rings. The van der Waals surface area contributed by atoms with Crippen molar-refractivity contribution >= 4 is 5.91 Å². The number of hydrogen-bond acceptors (Lipinski definition) is 5. The molecule has 0 saturated carbocycles. The molecule has 1 amide bonds. The van der Waals surface area contributed by atoms with E-state index in [1.807, 2.05) is 29.2 Å². The summed E-state index contributed by atoms with van der Waals surface area (Å²) in [5, 5.41) is 7.75. The summed E-state index contributed by atoms with van der Waals surface area (Å²) in [6, 6.07) is 11.2. The minimum atomic E-state index is -0.0444. The van der Waals surface area contributed by atoms with Crippen molar-refractivity contribution in [3.8, 4) is 11.6 Å². The van der Waals surface area contributed by atoms with Gasteiger partial charge in [-0.2, -0.15) is 5.10 Å². The van der Waals surface area contributed by atoms with Crippen molar-refractivity contribution < 1.29 is 14.3 Å². The molecule has 1 saturated heterocycles. The Bertz CT molecular complexity index is 678. The third kappa shape index (κ3) is 4.01. The summed E-state index contributed by atoms with van der Waals surface area (Å²) in [7, 11) is 1.62. The number of benzene rings is 1. The molecule has 1 aromatic heterocycles. The summed E-state index contributed by atoms with van der Waals surface area (Å²) in [6.45, 7) is 1.33. The Hall–Kier alpha value is -2.63. The quantitative estimate of drug-likeness (QED) is 0.841. The van der Waals surface area contributed by atoms with Gasteiger partial charge in [-0.05, 0) is 25.0 Å². The van der Waals surface area contributed by atoms with Gasteiger partial charge in [0.2, 0.25) is 11.8 Å². The topological polar surface area (TPSA) is 64.5 Å². The Morgan fingerprint density at radius 2 is 2.17 bits per heavy atom. The maximum Gasteiger partial charge on any atom is 0.233 e. The van der Waals surface area contributed by atoms with Crippen LogP contribution in [0.4, 0.5) is 0 Å². The first-order chi connectivity index (χ1) is 11.8. The molecule has 0 bridgehead atoms. The van der Waals surface area contributed by atoms with Crippen molar-refractivity contribution in [3.63, 3.8) is 0 Å². The van der Waals surface area contributed by atoms with E-state index in [-0.39, 0.29) is 12.0 Å². The van der Waals surface area contributed by atoms with Gasteiger partial charge in [-0.1, -0.05) is 18.2 Å². The fraction of sp³-hybridized carbons (Fsp3) is 0.389. The number of rotatable bonds is 5. The predicted octanol–water partition coefficient (Wildman–Crippen LogP) is 2.10. The molecule has 0 radical (unpaired) electrons. The van der Waals surface area contributed by atoms with E-state index in [1.165, 1.54) is 0 Å². The number of nitrogens with zero attached hydrogens (tertiary/aromatic N) is 3. The van der Waals surface area contributed by atoms with Crippen LogP contribution in [0.5, 0.6) is 11.6 Å². The zero-order valence-electron chi connectivity index (χ0n) is 13.7. The van der Waals surface area contributed by atoms with E-state index in [0.717, 1.165) is 30.7 Å². The molecule has 126 valence electrons. The monoisotopic (exact) mass is 327 g/mol. The zero-order chi connectivity index (χ0) is 16.8. The van der Waals surface area contributed by atoms with Crippen molar-refractivity contribution in [1.82, 2.24) is 15.1 Å². The van der Waals surface area contributed by atoms with Crippen molar-refractivity contribution in [3.05, 3.63) is 48.2 Å². The van der Waals surface area contributed by atoms with Crippen LogP contribution in [0.2, 0.25) is 0 Å². The summed E-state index contributed by atoms with van der Waals surface area (Å²) in [5.41, 5.74) is 0.905. The summed E-state index contributed by atoms with van der Waals surface area (Å²) in [4.78, 5) is 14.5. The van der Waals surface area contributed by atoms with Crippen molar-refractivity contribution in [2.75, 3.05) is 20.2 Å². The number of ether oxygens (including phenoxy) is 2. The lowest BCUT2D eigenvalue weighted by atomic mass is 10.1. The molecule has 6 nitrogen and oxygen atoms in total. The second-order valence-corrected chi connectivity index (χ2v) is 5.77. The summed E-state index contributed by atoms with van der Waals surface area (Å²) in [5.74, 6) is 1.34. The van der Waals surface area contributed by atoms with Crippen molar-refractivity contribution in [1.29, 1.82) is 0 Å². The lowest BCUT2D eigenvalue weighted by Crippen LogP contribution is -2.45. The highest BCUT2D eigenvalue weighted by atomic mass is 16.5. The molecule has 1 aliphatic heterocycles. The molecule has 0 N–H and O–H groups in total. The smallest absolute Gasteiger partial charge is 0.233 e. The predicted molar refractivity (Wildman–Crippen MR) is 89.0 cm³/mol. The number of amides is 1.